The maximum absolute atomic E-state index is 12.6. The van der Waals surface area contributed by atoms with Crippen molar-refractivity contribution in [1.82, 2.24) is 0 Å². The Morgan fingerprint density at radius 3 is 2.57 bits per heavy atom. The zero-order chi connectivity index (χ0) is 15.6. The molecule has 1 aliphatic heterocycles. The topological polar surface area (TPSA) is 75.6 Å². The zero-order valence-electron chi connectivity index (χ0n) is 10.7. The number of aromatic carboxylic acids is 1. The van der Waals surface area contributed by atoms with Gasteiger partial charge in [-0.15, -0.1) is 0 Å². The van der Waals surface area contributed by atoms with Crippen molar-refractivity contribution in [3.63, 3.8) is 0 Å². The Kier molecular flexibility index (Phi) is 4.17. The van der Waals surface area contributed by atoms with Gasteiger partial charge in [-0.25, -0.2) is 4.79 Å². The predicted octanol–water partition coefficient (Wildman–Crippen LogP) is 2.38. The minimum atomic E-state index is -4.65. The number of carboxylic acids is 1. The molecule has 0 saturated carbocycles. The fourth-order valence-electron chi connectivity index (χ4n) is 1.98. The second kappa shape index (κ2) is 5.72. The largest absolute Gasteiger partial charge is 0.478 e. The number of amides is 1. The third kappa shape index (κ3) is 3.52. The highest BCUT2D eigenvalue weighted by Crippen LogP contribution is 2.32. The average Bonchev–Trinajstić information content (AvgIpc) is 2.91. The van der Waals surface area contributed by atoms with Gasteiger partial charge in [0.05, 0.1) is 29.3 Å². The fraction of sp³-hybridized carbons (Fsp3) is 0.385. The van der Waals surface area contributed by atoms with Gasteiger partial charge in [-0.05, 0) is 24.6 Å². The van der Waals surface area contributed by atoms with Crippen LogP contribution in [0.4, 0.5) is 18.9 Å². The van der Waals surface area contributed by atoms with Crippen LogP contribution < -0.4 is 5.32 Å². The minimum Gasteiger partial charge on any atom is -0.478 e. The van der Waals surface area contributed by atoms with Crippen LogP contribution in [0.3, 0.4) is 0 Å². The molecule has 21 heavy (non-hydrogen) atoms. The van der Waals surface area contributed by atoms with Crippen LogP contribution in [0.1, 0.15) is 22.3 Å². The van der Waals surface area contributed by atoms with E-state index in [0.29, 0.717) is 19.1 Å². The van der Waals surface area contributed by atoms with Crippen LogP contribution in [-0.2, 0) is 15.7 Å². The monoisotopic (exact) mass is 303 g/mol. The van der Waals surface area contributed by atoms with Gasteiger partial charge in [0.25, 0.3) is 0 Å². The van der Waals surface area contributed by atoms with Gasteiger partial charge >= 0.3 is 12.1 Å². The molecule has 1 fully saturated rings. The van der Waals surface area contributed by atoms with Crippen LogP contribution >= 0.6 is 0 Å². The van der Waals surface area contributed by atoms with Crippen LogP contribution in [0.2, 0.25) is 0 Å². The van der Waals surface area contributed by atoms with Crippen molar-refractivity contribution in [1.29, 1.82) is 0 Å². The molecule has 1 aliphatic rings. The quantitative estimate of drug-likeness (QED) is 0.899. The van der Waals surface area contributed by atoms with Crippen LogP contribution in [-0.4, -0.2) is 30.2 Å². The molecule has 1 amide bonds. The molecule has 0 aliphatic carbocycles. The van der Waals surface area contributed by atoms with E-state index >= 15 is 0 Å². The first kappa shape index (κ1) is 15.3. The third-order valence-corrected chi connectivity index (χ3v) is 3.14. The number of carbonyl (C=O) groups is 2. The molecule has 1 aromatic carbocycles. The van der Waals surface area contributed by atoms with E-state index in [-0.39, 0.29) is 12.3 Å². The molecule has 0 aromatic heterocycles. The molecule has 1 saturated heterocycles. The Morgan fingerprint density at radius 1 is 1.33 bits per heavy atom. The summed E-state index contributed by atoms with van der Waals surface area (Å²) >= 11 is 0. The Morgan fingerprint density at radius 2 is 2.05 bits per heavy atom. The summed E-state index contributed by atoms with van der Waals surface area (Å²) in [6, 6.07) is 2.18. The summed E-state index contributed by atoms with van der Waals surface area (Å²) in [5, 5.41) is 11.3. The lowest BCUT2D eigenvalue weighted by Crippen LogP contribution is -2.24. The van der Waals surface area contributed by atoms with Crippen molar-refractivity contribution in [2.75, 3.05) is 18.5 Å². The minimum absolute atomic E-state index is 0.160. The Hall–Kier alpha value is -2.09. The lowest BCUT2D eigenvalue weighted by atomic mass is 10.1. The first-order valence-corrected chi connectivity index (χ1v) is 6.12. The summed E-state index contributed by atoms with van der Waals surface area (Å²) in [6.07, 6.45) is -4.15. The van der Waals surface area contributed by atoms with Gasteiger partial charge in [-0.1, -0.05) is 0 Å². The summed E-state index contributed by atoms with van der Waals surface area (Å²) in [6.45, 7) is 0.645. The van der Waals surface area contributed by atoms with Gasteiger partial charge in [0, 0.05) is 6.61 Å². The number of halogens is 3. The Balaban J connectivity index is 2.26. The number of nitrogens with one attached hydrogen (secondary N) is 1. The van der Waals surface area contributed by atoms with Crippen LogP contribution in [0, 0.1) is 5.92 Å². The van der Waals surface area contributed by atoms with Crippen molar-refractivity contribution in [3.8, 4) is 0 Å². The predicted molar refractivity (Wildman–Crippen MR) is 66.0 cm³/mol. The molecule has 1 unspecified atom stereocenters. The lowest BCUT2D eigenvalue weighted by Gasteiger charge is -2.14. The Bertz CT molecular complexity index is 565. The summed E-state index contributed by atoms with van der Waals surface area (Å²) in [5.41, 5.74) is -1.84. The molecule has 0 bridgehead atoms. The van der Waals surface area contributed by atoms with Gasteiger partial charge in [-0.2, -0.15) is 13.2 Å². The maximum Gasteiger partial charge on any atom is 0.416 e. The molecule has 1 heterocycles. The Labute approximate surface area is 117 Å². The number of ether oxygens (including phenoxy) is 1. The number of hydrogen-bond donors (Lipinski definition) is 2. The third-order valence-electron chi connectivity index (χ3n) is 3.14. The SMILES string of the molecule is O=C(O)c1cc(C(F)(F)F)ccc1NC(=O)C1CCOC1. The van der Waals surface area contributed by atoms with E-state index in [4.69, 9.17) is 9.84 Å². The molecule has 5 nitrogen and oxygen atoms in total. The van der Waals surface area contributed by atoms with Crippen LogP contribution in [0.25, 0.3) is 0 Å². The molecule has 1 aromatic rings. The number of alkyl halides is 3. The standard InChI is InChI=1S/C13H12F3NO4/c14-13(15,16)8-1-2-10(9(5-8)12(19)20)17-11(18)7-3-4-21-6-7/h1-2,5,7H,3-4,6H2,(H,17,18)(H,19,20). The van der Waals surface area contributed by atoms with E-state index < -0.39 is 35.1 Å². The van der Waals surface area contributed by atoms with E-state index in [9.17, 15) is 22.8 Å². The normalized spacial score (nSPS) is 18.5. The number of carboxylic acid groups (broad SMARTS) is 1. The first-order chi connectivity index (χ1) is 9.79. The average molecular weight is 303 g/mol. The van der Waals surface area contributed by atoms with Gasteiger partial charge < -0.3 is 15.2 Å². The van der Waals surface area contributed by atoms with Gasteiger partial charge in [-0.3, -0.25) is 4.79 Å². The van der Waals surface area contributed by atoms with E-state index in [0.717, 1.165) is 12.1 Å². The van der Waals surface area contributed by atoms with Crippen molar-refractivity contribution in [2.45, 2.75) is 12.6 Å². The van der Waals surface area contributed by atoms with Crippen LogP contribution in [0.15, 0.2) is 18.2 Å². The number of hydrogen-bond acceptors (Lipinski definition) is 3. The zero-order valence-corrected chi connectivity index (χ0v) is 10.7. The highest BCUT2D eigenvalue weighted by molar-refractivity contribution is 6.01. The van der Waals surface area contributed by atoms with Gasteiger partial charge in [0.2, 0.25) is 5.91 Å². The highest BCUT2D eigenvalue weighted by Gasteiger charge is 2.32. The molecule has 2 N–H and O–H groups in total. The number of rotatable bonds is 3. The second-order valence-corrected chi connectivity index (χ2v) is 4.61. The number of carbonyl (C=O) groups excluding carboxylic acids is 1. The van der Waals surface area contributed by atoms with Gasteiger partial charge in [0.1, 0.15) is 0 Å². The lowest BCUT2D eigenvalue weighted by molar-refractivity contribution is -0.137. The summed E-state index contributed by atoms with van der Waals surface area (Å²) in [7, 11) is 0. The molecule has 2 rings (SSSR count). The van der Waals surface area contributed by atoms with Crippen molar-refractivity contribution in [2.24, 2.45) is 5.92 Å². The number of benzene rings is 1. The maximum atomic E-state index is 12.6. The molecule has 114 valence electrons. The highest BCUT2D eigenvalue weighted by atomic mass is 19.4. The van der Waals surface area contributed by atoms with E-state index in [1.807, 2.05) is 0 Å². The van der Waals surface area contributed by atoms with Crippen LogP contribution in [0.5, 0.6) is 0 Å². The van der Waals surface area contributed by atoms with Crippen molar-refractivity contribution >= 4 is 17.6 Å². The molecule has 0 spiro atoms. The smallest absolute Gasteiger partial charge is 0.416 e. The summed E-state index contributed by atoms with van der Waals surface area (Å²) in [5.74, 6) is -2.43. The molecule has 0 radical (unpaired) electrons. The second-order valence-electron chi connectivity index (χ2n) is 4.61. The van der Waals surface area contributed by atoms with Crippen molar-refractivity contribution in [3.05, 3.63) is 29.3 Å². The molecule has 8 heteroatoms. The first-order valence-electron chi connectivity index (χ1n) is 6.12. The van der Waals surface area contributed by atoms with Crippen molar-refractivity contribution < 1.29 is 32.6 Å². The molecule has 1 atom stereocenters. The van der Waals surface area contributed by atoms with E-state index in [1.54, 1.807) is 0 Å². The van der Waals surface area contributed by atoms with E-state index in [2.05, 4.69) is 5.32 Å². The fourth-order valence-corrected chi connectivity index (χ4v) is 1.98. The van der Waals surface area contributed by atoms with E-state index in [1.165, 1.54) is 0 Å². The number of anilines is 1. The molecular weight excluding hydrogens is 291 g/mol. The van der Waals surface area contributed by atoms with Gasteiger partial charge in [0.15, 0.2) is 0 Å². The molecular formula is C13H12F3NO4. The summed E-state index contributed by atoms with van der Waals surface area (Å²) in [4.78, 5) is 22.9. The summed E-state index contributed by atoms with van der Waals surface area (Å²) < 4.78 is 42.8.